The largest absolute Gasteiger partial charge is 0.466 e. The molecule has 0 aromatic carbocycles. The molecule has 0 saturated carbocycles. The highest BCUT2D eigenvalue weighted by Crippen LogP contribution is 2.23. The van der Waals surface area contributed by atoms with Gasteiger partial charge in [-0.3, -0.25) is 9.59 Å². The van der Waals surface area contributed by atoms with Crippen LogP contribution < -0.4 is 0 Å². The Hall–Kier alpha value is -1.18. The van der Waals surface area contributed by atoms with Gasteiger partial charge in [0.15, 0.2) is 0 Å². The van der Waals surface area contributed by atoms with Gasteiger partial charge in [0.2, 0.25) is 0 Å². The Morgan fingerprint density at radius 2 is 0.746 bits per heavy atom. The lowest BCUT2D eigenvalue weighted by molar-refractivity contribution is -0.145. The minimum atomic E-state index is 0.00117. The molecule has 0 aromatic rings. The van der Waals surface area contributed by atoms with E-state index in [1.165, 1.54) is 167 Å². The van der Waals surface area contributed by atoms with Gasteiger partial charge in [-0.15, -0.1) is 0 Å². The second kappa shape index (κ2) is 46.3. The van der Waals surface area contributed by atoms with Crippen molar-refractivity contribution in [3.63, 3.8) is 0 Å². The van der Waals surface area contributed by atoms with Crippen molar-refractivity contribution in [1.82, 2.24) is 4.90 Å². The molecule has 7 heteroatoms. The molecule has 0 aromatic heterocycles. The van der Waals surface area contributed by atoms with Crippen LogP contribution in [-0.4, -0.2) is 70.2 Å². The Morgan fingerprint density at radius 3 is 1.10 bits per heavy atom. The number of hydrogen-bond acceptors (Lipinski definition) is 7. The predicted molar refractivity (Wildman–Crippen MR) is 252 cm³/mol. The molecule has 0 heterocycles. The summed E-state index contributed by atoms with van der Waals surface area (Å²) in [6, 6.07) is 0. The van der Waals surface area contributed by atoms with Crippen LogP contribution in [0.5, 0.6) is 0 Å². The highest BCUT2D eigenvalue weighted by Gasteiger charge is 2.13. The molecule has 0 spiro atoms. The van der Waals surface area contributed by atoms with E-state index in [-0.39, 0.29) is 18.0 Å². The van der Waals surface area contributed by atoms with E-state index in [0.29, 0.717) is 51.3 Å². The fourth-order valence-corrected chi connectivity index (χ4v) is 8.23. The summed E-state index contributed by atoms with van der Waals surface area (Å²) in [7, 11) is 4.14. The highest BCUT2D eigenvalue weighted by atomic mass is 16.7. The normalized spacial score (nSPS) is 11.8. The van der Waals surface area contributed by atoms with E-state index in [0.717, 1.165) is 57.9 Å². The van der Waals surface area contributed by atoms with Crippen LogP contribution in [0.2, 0.25) is 0 Å². The molecule has 0 amide bonds. The molecule has 0 aliphatic heterocycles. The Labute approximate surface area is 368 Å². The number of ether oxygens (including phenoxy) is 4. The molecule has 0 aliphatic rings. The van der Waals surface area contributed by atoms with Crippen molar-refractivity contribution in [3.8, 4) is 0 Å². The molecule has 0 N–H and O–H groups in total. The Bertz CT molecular complexity index is 788. The molecule has 0 aliphatic carbocycles. The van der Waals surface area contributed by atoms with Crippen molar-refractivity contribution in [3.05, 3.63) is 0 Å². The summed E-state index contributed by atoms with van der Waals surface area (Å²) < 4.78 is 23.3. The number of rotatable bonds is 48. The number of nitrogens with zero attached hydrogens (tertiary/aromatic N) is 1. The summed E-state index contributed by atoms with van der Waals surface area (Å²) >= 11 is 0. The van der Waals surface area contributed by atoms with Gasteiger partial charge in [0.05, 0.1) is 25.9 Å². The molecule has 352 valence electrons. The smallest absolute Gasteiger partial charge is 0.305 e. The maximum Gasteiger partial charge on any atom is 0.305 e. The lowest BCUT2D eigenvalue weighted by Gasteiger charge is -2.18. The predicted octanol–water partition coefficient (Wildman–Crippen LogP) is 15.3. The summed E-state index contributed by atoms with van der Waals surface area (Å²) in [6.45, 7) is 12.3. The van der Waals surface area contributed by atoms with Crippen molar-refractivity contribution in [1.29, 1.82) is 0 Å². The zero-order valence-corrected chi connectivity index (χ0v) is 40.6. The molecule has 0 radical (unpaired) electrons. The van der Waals surface area contributed by atoms with Crippen molar-refractivity contribution in [2.45, 2.75) is 265 Å². The van der Waals surface area contributed by atoms with Crippen molar-refractivity contribution < 1.29 is 28.5 Å². The first-order valence-electron chi connectivity index (χ1n) is 26.0. The third-order valence-electron chi connectivity index (χ3n) is 12.3. The average Bonchev–Trinajstić information content (AvgIpc) is 3.21. The number of hydrogen-bond donors (Lipinski definition) is 0. The molecule has 0 fully saturated rings. The standard InChI is InChI=1S/C52H103NO6/c1-7-11-25-33-48(34-26-12-8-2)41-44-57-51(54)39-31-23-19-15-17-21-29-37-50(59-47-56-46-43-53(5)6)38-30-22-18-16-20-24-32-40-52(55)58-45-42-49(35-27-13-9-3)36-28-14-10-4/h48-50H,7-47H2,1-6H3. The minimum Gasteiger partial charge on any atom is -0.466 e. The van der Waals surface area contributed by atoms with Crippen LogP contribution >= 0.6 is 0 Å². The van der Waals surface area contributed by atoms with E-state index in [4.69, 9.17) is 18.9 Å². The summed E-state index contributed by atoms with van der Waals surface area (Å²) in [5.41, 5.74) is 0. The topological polar surface area (TPSA) is 74.3 Å². The zero-order valence-electron chi connectivity index (χ0n) is 40.6. The second-order valence-electron chi connectivity index (χ2n) is 18.4. The van der Waals surface area contributed by atoms with Gasteiger partial charge in [-0.1, -0.05) is 207 Å². The van der Waals surface area contributed by atoms with E-state index in [9.17, 15) is 9.59 Å². The number of unbranched alkanes of at least 4 members (excludes halogenated alkanes) is 20. The van der Waals surface area contributed by atoms with Crippen molar-refractivity contribution in [2.75, 3.05) is 47.3 Å². The molecular formula is C52H103NO6. The Kier molecular flexibility index (Phi) is 45.4. The molecule has 7 nitrogen and oxygen atoms in total. The molecule has 0 atom stereocenters. The van der Waals surface area contributed by atoms with Crippen LogP contribution in [0.1, 0.15) is 259 Å². The minimum absolute atomic E-state index is 0.00117. The molecule has 0 rings (SSSR count). The van der Waals surface area contributed by atoms with E-state index in [2.05, 4.69) is 46.7 Å². The van der Waals surface area contributed by atoms with Crippen molar-refractivity contribution >= 4 is 11.9 Å². The van der Waals surface area contributed by atoms with E-state index in [1.807, 2.05) is 0 Å². The Balaban J connectivity index is 4.12. The van der Waals surface area contributed by atoms with Crippen molar-refractivity contribution in [2.24, 2.45) is 11.8 Å². The number of likely N-dealkylation sites (N-methyl/N-ethyl adjacent to an activating group) is 1. The van der Waals surface area contributed by atoms with E-state index >= 15 is 0 Å². The van der Waals surface area contributed by atoms with Gasteiger partial charge in [-0.05, 0) is 64.5 Å². The summed E-state index contributed by atoms with van der Waals surface area (Å²) in [6.07, 6.45) is 42.9. The average molecular weight is 838 g/mol. The van der Waals surface area contributed by atoms with Gasteiger partial charge >= 0.3 is 11.9 Å². The maximum absolute atomic E-state index is 12.3. The van der Waals surface area contributed by atoms with Crippen LogP contribution in [0.4, 0.5) is 0 Å². The SMILES string of the molecule is CCCCCC(CCCCC)CCOC(=O)CCCCCCCCCC(CCCCCCCCCC(=O)OCCC(CCCCC)CCCCC)OCOCCN(C)C. The van der Waals surface area contributed by atoms with E-state index < -0.39 is 0 Å². The van der Waals surface area contributed by atoms with Gasteiger partial charge in [0, 0.05) is 19.4 Å². The second-order valence-corrected chi connectivity index (χ2v) is 18.4. The molecule has 0 unspecified atom stereocenters. The summed E-state index contributed by atoms with van der Waals surface area (Å²) in [5, 5.41) is 0. The van der Waals surface area contributed by atoms with Crippen LogP contribution in [0.15, 0.2) is 0 Å². The number of carbonyl (C=O) groups is 2. The summed E-state index contributed by atoms with van der Waals surface area (Å²) in [5.74, 6) is 1.44. The zero-order chi connectivity index (χ0) is 43.3. The number of carbonyl (C=O) groups excluding carboxylic acids is 2. The molecule has 0 saturated heterocycles. The van der Waals surface area contributed by atoms with Crippen LogP contribution in [0.25, 0.3) is 0 Å². The third-order valence-corrected chi connectivity index (χ3v) is 12.3. The van der Waals surface area contributed by atoms with Crippen LogP contribution in [0, 0.1) is 11.8 Å². The monoisotopic (exact) mass is 838 g/mol. The van der Waals surface area contributed by atoms with Gasteiger partial charge < -0.3 is 23.8 Å². The first-order valence-corrected chi connectivity index (χ1v) is 26.0. The lowest BCUT2D eigenvalue weighted by atomic mass is 9.92. The molecular weight excluding hydrogens is 735 g/mol. The first-order chi connectivity index (χ1) is 28.9. The van der Waals surface area contributed by atoms with Gasteiger partial charge in [0.25, 0.3) is 0 Å². The molecule has 0 bridgehead atoms. The van der Waals surface area contributed by atoms with E-state index in [1.54, 1.807) is 0 Å². The van der Waals surface area contributed by atoms with Gasteiger partial charge in [0.1, 0.15) is 6.79 Å². The maximum atomic E-state index is 12.3. The fourth-order valence-electron chi connectivity index (χ4n) is 8.23. The highest BCUT2D eigenvalue weighted by molar-refractivity contribution is 5.69. The lowest BCUT2D eigenvalue weighted by Crippen LogP contribution is -2.21. The summed E-state index contributed by atoms with van der Waals surface area (Å²) in [4.78, 5) is 26.8. The Morgan fingerprint density at radius 1 is 0.407 bits per heavy atom. The fraction of sp³-hybridized carbons (Fsp3) is 0.962. The quantitative estimate of drug-likeness (QED) is 0.0343. The van der Waals surface area contributed by atoms with Crippen LogP contribution in [0.3, 0.4) is 0 Å². The van der Waals surface area contributed by atoms with Gasteiger partial charge in [-0.2, -0.15) is 0 Å². The number of esters is 2. The third kappa shape index (κ3) is 43.3. The van der Waals surface area contributed by atoms with Crippen LogP contribution in [-0.2, 0) is 28.5 Å². The first kappa shape index (κ1) is 57.8. The molecule has 59 heavy (non-hydrogen) atoms. The van der Waals surface area contributed by atoms with Gasteiger partial charge in [-0.25, -0.2) is 0 Å².